The molecule has 1 amide bonds. The topological polar surface area (TPSA) is 43.8 Å². The summed E-state index contributed by atoms with van der Waals surface area (Å²) in [6.45, 7) is 6.04. The number of nitrogens with zero attached hydrogens (tertiary/aromatic N) is 2. The lowest BCUT2D eigenvalue weighted by Crippen LogP contribution is -2.54. The number of fused-ring (bicyclic) bond motifs is 10. The normalized spacial score (nSPS) is 35.6. The van der Waals surface area contributed by atoms with Crippen molar-refractivity contribution in [2.75, 3.05) is 33.2 Å². The molecule has 3 aliphatic heterocycles. The summed E-state index contributed by atoms with van der Waals surface area (Å²) in [6, 6.07) is 0. The second-order valence-electron chi connectivity index (χ2n) is 6.50. The van der Waals surface area contributed by atoms with Crippen LogP contribution in [-0.4, -0.2) is 60.1 Å². The Balaban J connectivity index is 1.88. The van der Waals surface area contributed by atoms with Crippen LogP contribution in [0.2, 0.25) is 0 Å². The maximum Gasteiger partial charge on any atom is 0.225 e. The van der Waals surface area contributed by atoms with Gasteiger partial charge in [-0.3, -0.25) is 4.79 Å². The van der Waals surface area contributed by atoms with Gasteiger partial charge in [0.1, 0.15) is 0 Å². The second-order valence-corrected chi connectivity index (χ2v) is 6.50. The number of aliphatic hydroxyl groups is 1. The Bertz CT molecular complexity index is 296. The van der Waals surface area contributed by atoms with Crippen molar-refractivity contribution in [3.63, 3.8) is 0 Å². The third-order valence-electron chi connectivity index (χ3n) is 4.51. The van der Waals surface area contributed by atoms with E-state index in [1.807, 2.05) is 11.8 Å². The molecule has 0 unspecified atom stereocenters. The molecule has 2 bridgehead atoms. The van der Waals surface area contributed by atoms with Gasteiger partial charge in [-0.1, -0.05) is 13.3 Å². The number of amides is 1. The average molecular weight is 268 g/mol. The first-order chi connectivity index (χ1) is 9.06. The minimum Gasteiger partial charge on any atom is -0.393 e. The van der Waals surface area contributed by atoms with Gasteiger partial charge in [0.2, 0.25) is 5.91 Å². The Labute approximate surface area is 116 Å². The summed E-state index contributed by atoms with van der Waals surface area (Å²) < 4.78 is 0. The maximum absolute atomic E-state index is 12.2. The molecule has 0 saturated carbocycles. The van der Waals surface area contributed by atoms with Gasteiger partial charge in [0.05, 0.1) is 6.10 Å². The third kappa shape index (κ3) is 4.18. The summed E-state index contributed by atoms with van der Waals surface area (Å²) in [6.07, 6.45) is 4.49. The van der Waals surface area contributed by atoms with E-state index < -0.39 is 0 Å². The Hall–Kier alpha value is -0.610. The Kier molecular flexibility index (Phi) is 5.22. The van der Waals surface area contributed by atoms with E-state index in [0.29, 0.717) is 11.8 Å². The molecule has 4 nitrogen and oxygen atoms in total. The van der Waals surface area contributed by atoms with Crippen molar-refractivity contribution in [1.29, 1.82) is 0 Å². The van der Waals surface area contributed by atoms with Crippen LogP contribution in [0.5, 0.6) is 0 Å². The molecular weight excluding hydrogens is 240 g/mol. The van der Waals surface area contributed by atoms with Gasteiger partial charge >= 0.3 is 0 Å². The van der Waals surface area contributed by atoms with Gasteiger partial charge in [-0.2, -0.15) is 0 Å². The van der Waals surface area contributed by atoms with Crippen molar-refractivity contribution in [3.8, 4) is 0 Å². The Morgan fingerprint density at radius 2 is 1.79 bits per heavy atom. The Morgan fingerprint density at radius 3 is 2.53 bits per heavy atom. The molecule has 2 atom stereocenters. The van der Waals surface area contributed by atoms with Crippen molar-refractivity contribution in [2.45, 2.75) is 45.1 Å². The average Bonchev–Trinajstić information content (AvgIpc) is 2.31. The lowest BCUT2D eigenvalue weighted by Gasteiger charge is -2.42. The zero-order chi connectivity index (χ0) is 13.8. The van der Waals surface area contributed by atoms with Crippen LogP contribution in [0.1, 0.15) is 39.0 Å². The molecule has 3 aliphatic rings. The zero-order valence-corrected chi connectivity index (χ0v) is 12.3. The van der Waals surface area contributed by atoms with E-state index in [1.165, 1.54) is 0 Å². The number of aliphatic hydroxyl groups excluding tert-OH is 1. The van der Waals surface area contributed by atoms with E-state index in [0.717, 1.165) is 58.3 Å². The minimum atomic E-state index is -0.187. The van der Waals surface area contributed by atoms with Gasteiger partial charge in [-0.15, -0.1) is 0 Å². The minimum absolute atomic E-state index is 0.119. The van der Waals surface area contributed by atoms with Crippen LogP contribution in [0.15, 0.2) is 0 Å². The molecule has 3 saturated heterocycles. The number of carbonyl (C=O) groups excluding carboxylic acids is 1. The molecule has 110 valence electrons. The molecule has 3 heterocycles. The number of hydrogen-bond acceptors (Lipinski definition) is 3. The van der Waals surface area contributed by atoms with E-state index in [9.17, 15) is 9.90 Å². The highest BCUT2D eigenvalue weighted by Crippen LogP contribution is 2.22. The molecular formula is C15H28N2O2. The van der Waals surface area contributed by atoms with Crippen LogP contribution in [0.3, 0.4) is 0 Å². The number of hydrogen-bond donors (Lipinski definition) is 1. The first-order valence-electron chi connectivity index (χ1n) is 7.71. The standard InChI is InChI=1S/C15H28N2O2/c1-12-5-3-6-14(18)7-4-8-16(2)9-13-10-17(11-13)15(12)19/h12-14,18H,3-11H2,1-2H3/t12-,14+/m1/s1. The summed E-state index contributed by atoms with van der Waals surface area (Å²) >= 11 is 0. The molecule has 0 aromatic heterocycles. The van der Waals surface area contributed by atoms with Gasteiger partial charge in [-0.25, -0.2) is 0 Å². The van der Waals surface area contributed by atoms with Crippen LogP contribution in [-0.2, 0) is 4.79 Å². The van der Waals surface area contributed by atoms with Gasteiger partial charge in [-0.05, 0) is 39.3 Å². The maximum atomic E-state index is 12.2. The highest BCUT2D eigenvalue weighted by molar-refractivity contribution is 5.79. The van der Waals surface area contributed by atoms with Crippen LogP contribution in [0.25, 0.3) is 0 Å². The van der Waals surface area contributed by atoms with E-state index in [-0.39, 0.29) is 12.0 Å². The second kappa shape index (κ2) is 6.71. The molecule has 0 aromatic carbocycles. The first kappa shape index (κ1) is 14.8. The molecule has 3 fully saturated rings. The molecule has 1 N–H and O–H groups in total. The fourth-order valence-corrected chi connectivity index (χ4v) is 3.23. The monoisotopic (exact) mass is 268 g/mol. The summed E-state index contributed by atoms with van der Waals surface area (Å²) in [5.74, 6) is 1.08. The quantitative estimate of drug-likeness (QED) is 0.721. The van der Waals surface area contributed by atoms with Crippen LogP contribution < -0.4 is 0 Å². The molecule has 3 rings (SSSR count). The first-order valence-corrected chi connectivity index (χ1v) is 7.71. The van der Waals surface area contributed by atoms with Crippen molar-refractivity contribution in [1.82, 2.24) is 9.80 Å². The van der Waals surface area contributed by atoms with Crippen molar-refractivity contribution < 1.29 is 9.90 Å². The van der Waals surface area contributed by atoms with Crippen LogP contribution in [0, 0.1) is 11.8 Å². The SMILES string of the molecule is C[C@@H]1CCC[C@H](O)CCCN(C)CC2CN(C2)C1=O. The van der Waals surface area contributed by atoms with E-state index >= 15 is 0 Å². The summed E-state index contributed by atoms with van der Waals surface area (Å²) in [7, 11) is 2.14. The van der Waals surface area contributed by atoms with Gasteiger partial charge in [0, 0.05) is 31.5 Å². The van der Waals surface area contributed by atoms with Crippen LogP contribution in [0.4, 0.5) is 0 Å². The lowest BCUT2D eigenvalue weighted by molar-refractivity contribution is -0.142. The zero-order valence-electron chi connectivity index (χ0n) is 12.3. The van der Waals surface area contributed by atoms with E-state index in [4.69, 9.17) is 0 Å². The predicted octanol–water partition coefficient (Wildman–Crippen LogP) is 1.34. The lowest BCUT2D eigenvalue weighted by atomic mass is 9.93. The van der Waals surface area contributed by atoms with Crippen LogP contribution >= 0.6 is 0 Å². The fourth-order valence-electron chi connectivity index (χ4n) is 3.23. The fraction of sp³-hybridized carbons (Fsp3) is 0.933. The smallest absolute Gasteiger partial charge is 0.225 e. The summed E-state index contributed by atoms with van der Waals surface area (Å²) in [5, 5.41) is 9.90. The van der Waals surface area contributed by atoms with Crippen molar-refractivity contribution in [2.24, 2.45) is 11.8 Å². The third-order valence-corrected chi connectivity index (χ3v) is 4.51. The summed E-state index contributed by atoms with van der Waals surface area (Å²) in [4.78, 5) is 16.5. The van der Waals surface area contributed by atoms with Gasteiger partial charge in [0.15, 0.2) is 0 Å². The highest BCUT2D eigenvalue weighted by atomic mass is 16.3. The van der Waals surface area contributed by atoms with E-state index in [1.54, 1.807) is 0 Å². The largest absolute Gasteiger partial charge is 0.393 e. The molecule has 0 aromatic rings. The Morgan fingerprint density at radius 1 is 1.11 bits per heavy atom. The molecule has 4 heteroatoms. The molecule has 0 radical (unpaired) electrons. The highest BCUT2D eigenvalue weighted by Gasteiger charge is 2.33. The molecule has 0 aliphatic carbocycles. The molecule has 0 spiro atoms. The predicted molar refractivity (Wildman–Crippen MR) is 75.8 cm³/mol. The van der Waals surface area contributed by atoms with Gasteiger partial charge in [0.25, 0.3) is 0 Å². The molecule has 19 heavy (non-hydrogen) atoms. The van der Waals surface area contributed by atoms with Crippen molar-refractivity contribution in [3.05, 3.63) is 0 Å². The van der Waals surface area contributed by atoms with E-state index in [2.05, 4.69) is 11.9 Å². The summed E-state index contributed by atoms with van der Waals surface area (Å²) in [5.41, 5.74) is 0. The number of carbonyl (C=O) groups is 1. The van der Waals surface area contributed by atoms with Crippen molar-refractivity contribution >= 4 is 5.91 Å². The van der Waals surface area contributed by atoms with Gasteiger partial charge < -0.3 is 14.9 Å². The number of rotatable bonds is 0.